The van der Waals surface area contributed by atoms with E-state index in [-0.39, 0.29) is 5.41 Å². The molecule has 4 nitrogen and oxygen atoms in total. The summed E-state index contributed by atoms with van der Waals surface area (Å²) in [5.41, 5.74) is 16.5. The smallest absolute Gasteiger partial charge is 0.164 e. The van der Waals surface area contributed by atoms with Crippen LogP contribution in [0.3, 0.4) is 0 Å². The molecule has 0 saturated carbocycles. The van der Waals surface area contributed by atoms with Crippen LogP contribution in [-0.2, 0) is 10.8 Å². The number of hydrogen-bond donors (Lipinski definition) is 0. The molecule has 2 heterocycles. The summed E-state index contributed by atoms with van der Waals surface area (Å²) in [7, 11) is 0. The van der Waals surface area contributed by atoms with Gasteiger partial charge in [-0.2, -0.15) is 0 Å². The number of benzene rings is 8. The van der Waals surface area contributed by atoms with Crippen LogP contribution < -0.4 is 0 Å². The monoisotopic (exact) mass is 755 g/mol. The summed E-state index contributed by atoms with van der Waals surface area (Å²) in [6.45, 7) is 4.74. The van der Waals surface area contributed by atoms with Crippen molar-refractivity contribution >= 4 is 21.9 Å². The van der Waals surface area contributed by atoms with Crippen molar-refractivity contribution in [3.8, 4) is 56.4 Å². The van der Waals surface area contributed by atoms with Crippen LogP contribution in [0, 0.1) is 0 Å². The fraction of sp³-hybridized carbons (Fsp3) is 0.0727. The van der Waals surface area contributed by atoms with Crippen LogP contribution in [0.1, 0.15) is 47.2 Å². The number of hydrogen-bond acceptors (Lipinski definition) is 4. The van der Waals surface area contributed by atoms with Crippen LogP contribution in [-0.4, -0.2) is 15.0 Å². The molecule has 0 radical (unpaired) electrons. The second-order valence-electron chi connectivity index (χ2n) is 16.3. The Morgan fingerprint density at radius 1 is 0.339 bits per heavy atom. The lowest BCUT2D eigenvalue weighted by Crippen LogP contribution is -2.40. The molecule has 10 aromatic rings. The lowest BCUT2D eigenvalue weighted by molar-refractivity contribution is 0.563. The molecule has 0 aliphatic heterocycles. The van der Waals surface area contributed by atoms with Crippen molar-refractivity contribution < 1.29 is 4.42 Å². The van der Waals surface area contributed by atoms with E-state index in [9.17, 15) is 0 Å². The van der Waals surface area contributed by atoms with Crippen molar-refractivity contribution in [2.24, 2.45) is 0 Å². The van der Waals surface area contributed by atoms with E-state index in [4.69, 9.17) is 19.4 Å². The highest BCUT2D eigenvalue weighted by Crippen LogP contribution is 2.63. The van der Waals surface area contributed by atoms with E-state index in [0.717, 1.165) is 49.8 Å². The SMILES string of the molecule is CC1(C)c2ccccc2C2(c3cc(-c4cccc(-c5nc(-c6ccccc6)nc(-c6ccccc6)n5)c4)ccc3-c3cc4oc5ccccc5c4cc32)c2ccccc21. The molecule has 1 spiro atoms. The Labute approximate surface area is 342 Å². The Kier molecular flexibility index (Phi) is 7.16. The molecule has 0 atom stereocenters. The second kappa shape index (κ2) is 12.5. The quantitative estimate of drug-likeness (QED) is 0.179. The van der Waals surface area contributed by atoms with E-state index in [1.165, 1.54) is 44.5 Å². The molecule has 8 aromatic carbocycles. The first-order chi connectivity index (χ1) is 29.0. The molecule has 0 bridgehead atoms. The molecule has 278 valence electrons. The first-order valence-electron chi connectivity index (χ1n) is 20.3. The van der Waals surface area contributed by atoms with Crippen molar-refractivity contribution in [1.29, 1.82) is 0 Å². The number of furan rings is 1. The van der Waals surface area contributed by atoms with E-state index in [1.54, 1.807) is 0 Å². The summed E-state index contributed by atoms with van der Waals surface area (Å²) in [5.74, 6) is 1.93. The summed E-state index contributed by atoms with van der Waals surface area (Å²) in [4.78, 5) is 15.1. The Bertz CT molecular complexity index is 3200. The maximum Gasteiger partial charge on any atom is 0.164 e. The Morgan fingerprint density at radius 3 is 1.51 bits per heavy atom. The van der Waals surface area contributed by atoms with E-state index >= 15 is 0 Å². The summed E-state index contributed by atoms with van der Waals surface area (Å²) in [5, 5.41) is 2.28. The van der Waals surface area contributed by atoms with Gasteiger partial charge in [-0.15, -0.1) is 0 Å². The van der Waals surface area contributed by atoms with Gasteiger partial charge >= 0.3 is 0 Å². The summed E-state index contributed by atoms with van der Waals surface area (Å²) in [6.07, 6.45) is 0. The largest absolute Gasteiger partial charge is 0.456 e. The minimum absolute atomic E-state index is 0.193. The third-order valence-corrected chi connectivity index (χ3v) is 12.8. The molecular formula is C55H37N3O. The predicted octanol–water partition coefficient (Wildman–Crippen LogP) is 13.4. The third-order valence-electron chi connectivity index (χ3n) is 12.8. The highest BCUT2D eigenvalue weighted by Gasteiger charge is 2.53. The fourth-order valence-corrected chi connectivity index (χ4v) is 10.1. The molecule has 0 saturated heterocycles. The van der Waals surface area contributed by atoms with Gasteiger partial charge in [0.15, 0.2) is 17.5 Å². The maximum absolute atomic E-state index is 6.55. The van der Waals surface area contributed by atoms with Crippen LogP contribution in [0.25, 0.3) is 78.4 Å². The molecule has 0 N–H and O–H groups in total. The Hall–Kier alpha value is -7.43. The highest BCUT2D eigenvalue weighted by molar-refractivity contribution is 6.08. The standard InChI is InChI=1S/C55H37N3O/c1-54(2)43-23-10-12-25-45(43)55(46-26-13-11-24-44(46)54)47-31-37(28-29-39(47)41-33-50-42(32-48(41)55)40-22-9-14-27-49(40)59-50)36-20-15-21-38(30-36)53-57-51(34-16-5-3-6-17-34)56-52(58-53)35-18-7-4-8-19-35/h3-33H,1-2H3. The molecule has 2 aliphatic carbocycles. The minimum Gasteiger partial charge on any atom is -0.456 e. The van der Waals surface area contributed by atoms with Crippen LogP contribution in [0.15, 0.2) is 192 Å². The van der Waals surface area contributed by atoms with Crippen molar-refractivity contribution in [3.63, 3.8) is 0 Å². The fourth-order valence-electron chi connectivity index (χ4n) is 10.1. The van der Waals surface area contributed by atoms with Gasteiger partial charge in [0.1, 0.15) is 11.2 Å². The molecule has 2 aromatic heterocycles. The summed E-state index contributed by atoms with van der Waals surface area (Å²) < 4.78 is 6.55. The van der Waals surface area contributed by atoms with Gasteiger partial charge in [0.2, 0.25) is 0 Å². The van der Waals surface area contributed by atoms with E-state index in [2.05, 4.69) is 135 Å². The van der Waals surface area contributed by atoms with Gasteiger partial charge in [-0.1, -0.05) is 172 Å². The zero-order valence-electron chi connectivity index (χ0n) is 32.6. The Balaban J connectivity index is 1.09. The molecule has 2 aliphatic rings. The number of rotatable bonds is 4. The van der Waals surface area contributed by atoms with Crippen LogP contribution in [0.2, 0.25) is 0 Å². The molecule has 59 heavy (non-hydrogen) atoms. The third kappa shape index (κ3) is 4.87. The van der Waals surface area contributed by atoms with Gasteiger partial charge in [-0.25, -0.2) is 15.0 Å². The van der Waals surface area contributed by atoms with Gasteiger partial charge < -0.3 is 4.42 Å². The van der Waals surface area contributed by atoms with Gasteiger partial charge in [-0.05, 0) is 86.0 Å². The van der Waals surface area contributed by atoms with Crippen molar-refractivity contribution in [2.75, 3.05) is 0 Å². The first kappa shape index (κ1) is 33.7. The van der Waals surface area contributed by atoms with Gasteiger partial charge in [0.25, 0.3) is 0 Å². The number of aromatic nitrogens is 3. The van der Waals surface area contributed by atoms with Gasteiger partial charge in [0.05, 0.1) is 5.41 Å². The van der Waals surface area contributed by atoms with Crippen molar-refractivity contribution in [1.82, 2.24) is 15.0 Å². The van der Waals surface area contributed by atoms with Crippen molar-refractivity contribution in [3.05, 3.63) is 221 Å². The second-order valence-corrected chi connectivity index (χ2v) is 16.3. The van der Waals surface area contributed by atoms with E-state index in [0.29, 0.717) is 17.5 Å². The maximum atomic E-state index is 6.55. The first-order valence-corrected chi connectivity index (χ1v) is 20.3. The number of nitrogens with zero attached hydrogens (tertiary/aromatic N) is 3. The molecule has 0 amide bonds. The van der Waals surface area contributed by atoms with Crippen LogP contribution >= 0.6 is 0 Å². The summed E-state index contributed by atoms with van der Waals surface area (Å²) in [6, 6.07) is 67.3. The minimum atomic E-state index is -0.559. The van der Waals surface area contributed by atoms with Crippen molar-refractivity contribution in [2.45, 2.75) is 24.7 Å². The molecule has 0 fully saturated rings. The lowest BCUT2D eigenvalue weighted by atomic mass is 9.55. The summed E-state index contributed by atoms with van der Waals surface area (Å²) >= 11 is 0. The zero-order valence-corrected chi connectivity index (χ0v) is 32.6. The number of para-hydroxylation sites is 1. The lowest BCUT2D eigenvalue weighted by Gasteiger charge is -2.46. The van der Waals surface area contributed by atoms with Gasteiger partial charge in [0, 0.05) is 32.9 Å². The molecule has 0 unspecified atom stereocenters. The average molecular weight is 756 g/mol. The van der Waals surface area contributed by atoms with E-state index < -0.39 is 5.41 Å². The van der Waals surface area contributed by atoms with Crippen LogP contribution in [0.4, 0.5) is 0 Å². The highest BCUT2D eigenvalue weighted by atomic mass is 16.3. The zero-order chi connectivity index (χ0) is 39.3. The predicted molar refractivity (Wildman–Crippen MR) is 238 cm³/mol. The van der Waals surface area contributed by atoms with Gasteiger partial charge in [-0.3, -0.25) is 0 Å². The average Bonchev–Trinajstić information content (AvgIpc) is 3.80. The molecule has 4 heteroatoms. The molecule has 12 rings (SSSR count). The normalized spacial score (nSPS) is 14.2. The van der Waals surface area contributed by atoms with E-state index in [1.807, 2.05) is 66.7 Å². The molecular weight excluding hydrogens is 719 g/mol. The Morgan fingerprint density at radius 2 is 0.847 bits per heavy atom. The number of fused-ring (bicyclic) bond motifs is 12. The van der Waals surface area contributed by atoms with Crippen LogP contribution in [0.5, 0.6) is 0 Å². The topological polar surface area (TPSA) is 51.8 Å².